The van der Waals surface area contributed by atoms with Gasteiger partial charge in [0.15, 0.2) is 0 Å². The summed E-state index contributed by atoms with van der Waals surface area (Å²) in [5, 5.41) is 6.89. The first-order valence-corrected chi connectivity index (χ1v) is 9.09. The SMILES string of the molecule is COC(=O)C1CC(NC(=O)N(C)c2ccccc2)c2c(Cl)cc(Cl)cc2N1. The van der Waals surface area contributed by atoms with Gasteiger partial charge in [-0.25, -0.2) is 9.59 Å². The average Bonchev–Trinajstić information content (AvgIpc) is 2.66. The Morgan fingerprint density at radius 3 is 2.59 bits per heavy atom. The Morgan fingerprint density at radius 1 is 1.22 bits per heavy atom. The number of nitrogens with one attached hydrogen (secondary N) is 2. The Bertz CT molecular complexity index is 861. The monoisotopic (exact) mass is 407 g/mol. The van der Waals surface area contributed by atoms with E-state index in [0.29, 0.717) is 27.7 Å². The van der Waals surface area contributed by atoms with Gasteiger partial charge < -0.3 is 15.4 Å². The fourth-order valence-corrected chi connectivity index (χ4v) is 3.73. The van der Waals surface area contributed by atoms with Crippen LogP contribution in [-0.4, -0.2) is 32.2 Å². The molecular formula is C19H19Cl2N3O3. The molecule has 1 aliphatic rings. The average molecular weight is 408 g/mol. The number of benzene rings is 2. The maximum absolute atomic E-state index is 12.8. The first kappa shape index (κ1) is 19.3. The summed E-state index contributed by atoms with van der Waals surface area (Å²) < 4.78 is 4.84. The molecule has 2 N–H and O–H groups in total. The summed E-state index contributed by atoms with van der Waals surface area (Å²) in [4.78, 5) is 26.3. The van der Waals surface area contributed by atoms with E-state index >= 15 is 0 Å². The molecule has 2 aromatic rings. The molecule has 3 rings (SSSR count). The third-order valence-corrected chi connectivity index (χ3v) is 5.01. The van der Waals surface area contributed by atoms with Gasteiger partial charge in [-0.05, 0) is 24.3 Å². The van der Waals surface area contributed by atoms with E-state index in [4.69, 9.17) is 27.9 Å². The van der Waals surface area contributed by atoms with Crippen molar-refractivity contribution >= 4 is 46.6 Å². The van der Waals surface area contributed by atoms with E-state index in [1.54, 1.807) is 19.2 Å². The number of para-hydroxylation sites is 1. The predicted octanol–water partition coefficient (Wildman–Crippen LogP) is 4.24. The smallest absolute Gasteiger partial charge is 0.328 e. The summed E-state index contributed by atoms with van der Waals surface area (Å²) in [5.41, 5.74) is 2.04. The fraction of sp³-hybridized carbons (Fsp3) is 0.263. The zero-order valence-corrected chi connectivity index (χ0v) is 16.3. The molecule has 0 spiro atoms. The van der Waals surface area contributed by atoms with Crippen LogP contribution in [0.1, 0.15) is 18.0 Å². The van der Waals surface area contributed by atoms with Crippen molar-refractivity contribution in [3.05, 3.63) is 58.1 Å². The number of carbonyl (C=O) groups is 2. The van der Waals surface area contributed by atoms with Crippen LogP contribution in [0.2, 0.25) is 10.0 Å². The van der Waals surface area contributed by atoms with Crippen LogP contribution in [0.25, 0.3) is 0 Å². The molecule has 2 unspecified atom stereocenters. The minimum absolute atomic E-state index is 0.301. The molecule has 0 aromatic heterocycles. The number of methoxy groups -OCH3 is 1. The van der Waals surface area contributed by atoms with Crippen LogP contribution in [0.15, 0.2) is 42.5 Å². The number of ether oxygens (including phenoxy) is 1. The van der Waals surface area contributed by atoms with Gasteiger partial charge in [0.25, 0.3) is 0 Å². The Morgan fingerprint density at radius 2 is 1.93 bits per heavy atom. The zero-order valence-electron chi connectivity index (χ0n) is 14.8. The molecule has 0 aliphatic carbocycles. The van der Waals surface area contributed by atoms with Crippen LogP contribution in [-0.2, 0) is 9.53 Å². The van der Waals surface area contributed by atoms with Crippen molar-refractivity contribution in [3.8, 4) is 0 Å². The predicted molar refractivity (Wildman–Crippen MR) is 107 cm³/mol. The Balaban J connectivity index is 1.89. The van der Waals surface area contributed by atoms with Crippen molar-refractivity contribution in [1.82, 2.24) is 5.32 Å². The minimum atomic E-state index is -0.621. The Labute approximate surface area is 167 Å². The molecule has 0 fully saturated rings. The quantitative estimate of drug-likeness (QED) is 0.746. The topological polar surface area (TPSA) is 70.7 Å². The van der Waals surface area contributed by atoms with E-state index in [-0.39, 0.29) is 6.03 Å². The molecule has 2 aromatic carbocycles. The number of nitrogens with zero attached hydrogens (tertiary/aromatic N) is 1. The number of fused-ring (bicyclic) bond motifs is 1. The van der Waals surface area contributed by atoms with Gasteiger partial charge in [0.2, 0.25) is 0 Å². The third kappa shape index (κ3) is 4.12. The summed E-state index contributed by atoms with van der Waals surface area (Å²) in [6, 6.07) is 11.1. The Kier molecular flexibility index (Phi) is 5.77. The summed E-state index contributed by atoms with van der Waals surface area (Å²) in [6.07, 6.45) is 0.301. The van der Waals surface area contributed by atoms with Gasteiger partial charge in [-0.1, -0.05) is 41.4 Å². The van der Waals surface area contributed by atoms with Crippen LogP contribution in [0.4, 0.5) is 16.2 Å². The summed E-state index contributed by atoms with van der Waals surface area (Å²) in [5.74, 6) is -0.424. The number of rotatable bonds is 3. The molecule has 6 nitrogen and oxygen atoms in total. The molecule has 2 atom stereocenters. The highest BCUT2D eigenvalue weighted by molar-refractivity contribution is 6.35. The van der Waals surface area contributed by atoms with Crippen LogP contribution in [0, 0.1) is 0 Å². The van der Waals surface area contributed by atoms with Crippen molar-refractivity contribution in [3.63, 3.8) is 0 Å². The second kappa shape index (κ2) is 8.06. The highest BCUT2D eigenvalue weighted by Gasteiger charge is 2.34. The van der Waals surface area contributed by atoms with Gasteiger partial charge in [0, 0.05) is 40.5 Å². The van der Waals surface area contributed by atoms with Crippen molar-refractivity contribution in [1.29, 1.82) is 0 Å². The molecule has 0 saturated carbocycles. The summed E-state index contributed by atoms with van der Waals surface area (Å²) in [7, 11) is 3.00. The molecule has 0 bridgehead atoms. The number of carbonyl (C=O) groups excluding carboxylic acids is 2. The number of esters is 1. The van der Waals surface area contributed by atoms with E-state index in [2.05, 4.69) is 10.6 Å². The van der Waals surface area contributed by atoms with E-state index in [0.717, 1.165) is 5.69 Å². The number of hydrogen-bond donors (Lipinski definition) is 2. The van der Waals surface area contributed by atoms with Gasteiger partial charge in [-0.15, -0.1) is 0 Å². The zero-order chi connectivity index (χ0) is 19.6. The maximum Gasteiger partial charge on any atom is 0.328 e. The van der Waals surface area contributed by atoms with Gasteiger partial charge >= 0.3 is 12.0 Å². The highest BCUT2D eigenvalue weighted by atomic mass is 35.5. The first-order chi connectivity index (χ1) is 12.9. The molecule has 0 saturated heterocycles. The van der Waals surface area contributed by atoms with E-state index in [1.807, 2.05) is 30.3 Å². The maximum atomic E-state index is 12.8. The standard InChI is InChI=1S/C19H19Cl2N3O3/c1-24(12-6-4-3-5-7-12)19(26)23-15-10-16(18(25)27-2)22-14-9-11(20)8-13(21)17(14)15/h3-9,15-16,22H,10H2,1-2H3,(H,23,26). The van der Waals surface area contributed by atoms with Gasteiger partial charge in [0.05, 0.1) is 13.2 Å². The normalized spacial score (nSPS) is 18.1. The lowest BCUT2D eigenvalue weighted by atomic mass is 9.92. The van der Waals surface area contributed by atoms with E-state index < -0.39 is 18.1 Å². The molecule has 1 heterocycles. The van der Waals surface area contributed by atoms with Gasteiger partial charge in [-0.3, -0.25) is 4.90 Å². The van der Waals surface area contributed by atoms with Crippen LogP contribution in [0.3, 0.4) is 0 Å². The summed E-state index contributed by atoms with van der Waals surface area (Å²) in [6.45, 7) is 0. The first-order valence-electron chi connectivity index (χ1n) is 8.33. The third-order valence-electron chi connectivity index (χ3n) is 4.48. The minimum Gasteiger partial charge on any atom is -0.467 e. The van der Waals surface area contributed by atoms with E-state index in [1.165, 1.54) is 12.0 Å². The molecule has 1 aliphatic heterocycles. The number of amides is 2. The number of halogens is 2. The second-order valence-electron chi connectivity index (χ2n) is 6.20. The van der Waals surface area contributed by atoms with Gasteiger partial charge in [-0.2, -0.15) is 0 Å². The van der Waals surface area contributed by atoms with E-state index in [9.17, 15) is 9.59 Å². The molecule has 142 valence electrons. The second-order valence-corrected chi connectivity index (χ2v) is 7.04. The lowest BCUT2D eigenvalue weighted by Gasteiger charge is -2.34. The molecule has 2 amide bonds. The lowest BCUT2D eigenvalue weighted by Crippen LogP contribution is -2.45. The number of urea groups is 1. The highest BCUT2D eigenvalue weighted by Crippen LogP contribution is 2.40. The van der Waals surface area contributed by atoms with Crippen molar-refractivity contribution in [2.75, 3.05) is 24.4 Å². The van der Waals surface area contributed by atoms with Crippen molar-refractivity contribution < 1.29 is 14.3 Å². The van der Waals surface area contributed by atoms with Crippen LogP contribution >= 0.6 is 23.2 Å². The lowest BCUT2D eigenvalue weighted by molar-refractivity contribution is -0.141. The van der Waals surface area contributed by atoms with Crippen molar-refractivity contribution in [2.45, 2.75) is 18.5 Å². The molecular weight excluding hydrogens is 389 g/mol. The van der Waals surface area contributed by atoms with Gasteiger partial charge in [0.1, 0.15) is 6.04 Å². The largest absolute Gasteiger partial charge is 0.467 e. The summed E-state index contributed by atoms with van der Waals surface area (Å²) >= 11 is 12.5. The van der Waals surface area contributed by atoms with Crippen LogP contribution in [0.5, 0.6) is 0 Å². The molecule has 0 radical (unpaired) electrons. The number of anilines is 2. The fourth-order valence-electron chi connectivity index (χ4n) is 3.10. The molecule has 27 heavy (non-hydrogen) atoms. The van der Waals surface area contributed by atoms with Crippen LogP contribution < -0.4 is 15.5 Å². The van der Waals surface area contributed by atoms with Crippen molar-refractivity contribution in [2.24, 2.45) is 0 Å². The number of hydrogen-bond acceptors (Lipinski definition) is 4. The Hall–Kier alpha value is -2.44. The molecule has 8 heteroatoms.